The Bertz CT molecular complexity index is 787. The van der Waals surface area contributed by atoms with Crippen molar-refractivity contribution in [3.63, 3.8) is 0 Å². The van der Waals surface area contributed by atoms with Crippen molar-refractivity contribution in [3.8, 4) is 18.1 Å². The highest BCUT2D eigenvalue weighted by Gasteiger charge is 2.52. The highest BCUT2D eigenvalue weighted by atomic mass is 16.5. The maximum absolute atomic E-state index is 12.9. The topological polar surface area (TPSA) is 54.7 Å². The first-order chi connectivity index (χ1) is 10.5. The van der Waals surface area contributed by atoms with E-state index in [2.05, 4.69) is 5.92 Å². The van der Waals surface area contributed by atoms with Gasteiger partial charge in [-0.05, 0) is 30.3 Å². The van der Waals surface area contributed by atoms with Crippen LogP contribution in [0.2, 0.25) is 0 Å². The van der Waals surface area contributed by atoms with Gasteiger partial charge in [-0.1, -0.05) is 5.92 Å². The third-order valence-corrected chi connectivity index (χ3v) is 4.00. The molecule has 1 amide bonds. The van der Waals surface area contributed by atoms with Crippen LogP contribution in [0.4, 0.5) is 5.69 Å². The number of hydrogen-bond acceptors (Lipinski definition) is 3. The monoisotopic (exact) mass is 296 g/mol. The van der Waals surface area contributed by atoms with Gasteiger partial charge in [0.15, 0.2) is 0 Å². The fourth-order valence-electron chi connectivity index (χ4n) is 2.92. The number of methoxy groups -OCH3 is 1. The lowest BCUT2D eigenvalue weighted by Crippen LogP contribution is -2.42. The molecule has 0 aliphatic carbocycles. The summed E-state index contributed by atoms with van der Waals surface area (Å²) in [7, 11) is 3.32. The second kappa shape index (κ2) is 4.93. The molecule has 2 heterocycles. The third-order valence-electron chi connectivity index (χ3n) is 4.00. The molecule has 5 nitrogen and oxygen atoms in total. The largest absolute Gasteiger partial charge is 0.497 e. The normalized spacial score (nSPS) is 19.9. The third kappa shape index (κ3) is 1.74. The van der Waals surface area contributed by atoms with Crippen molar-refractivity contribution in [1.82, 2.24) is 4.57 Å². The van der Waals surface area contributed by atoms with Gasteiger partial charge in [0, 0.05) is 18.8 Å². The molecule has 22 heavy (non-hydrogen) atoms. The van der Waals surface area contributed by atoms with Crippen LogP contribution in [0.15, 0.2) is 36.5 Å². The molecule has 3 rings (SSSR count). The van der Waals surface area contributed by atoms with Gasteiger partial charge in [-0.15, -0.1) is 6.42 Å². The zero-order chi connectivity index (χ0) is 15.9. The molecule has 1 N–H and O–H groups in total. The van der Waals surface area contributed by atoms with E-state index in [1.165, 1.54) is 4.90 Å². The van der Waals surface area contributed by atoms with Gasteiger partial charge in [0.25, 0.3) is 5.91 Å². The van der Waals surface area contributed by atoms with E-state index in [1.807, 2.05) is 0 Å². The molecule has 2 aromatic rings. The van der Waals surface area contributed by atoms with E-state index < -0.39 is 11.5 Å². The average molecular weight is 296 g/mol. The van der Waals surface area contributed by atoms with Crippen molar-refractivity contribution >= 4 is 11.6 Å². The van der Waals surface area contributed by atoms with Gasteiger partial charge in [0.2, 0.25) is 5.60 Å². The fraction of sp³-hybridized carbons (Fsp3) is 0.235. The van der Waals surface area contributed by atoms with Crippen LogP contribution in [0.25, 0.3) is 0 Å². The van der Waals surface area contributed by atoms with Crippen LogP contribution in [0, 0.1) is 12.3 Å². The summed E-state index contributed by atoms with van der Waals surface area (Å²) in [4.78, 5) is 14.3. The predicted molar refractivity (Wildman–Crippen MR) is 82.6 cm³/mol. The number of carbonyl (C=O) groups is 1. The summed E-state index contributed by atoms with van der Waals surface area (Å²) in [6.45, 7) is 0.102. The lowest BCUT2D eigenvalue weighted by atomic mass is 9.91. The van der Waals surface area contributed by atoms with E-state index >= 15 is 0 Å². The van der Waals surface area contributed by atoms with Crippen molar-refractivity contribution in [2.45, 2.75) is 5.60 Å². The Labute approximate surface area is 128 Å². The molecular formula is C17H16N2O3. The minimum Gasteiger partial charge on any atom is -0.497 e. The number of aromatic nitrogens is 1. The number of benzene rings is 1. The second-order valence-corrected chi connectivity index (χ2v) is 5.19. The quantitative estimate of drug-likeness (QED) is 0.867. The molecule has 0 radical (unpaired) electrons. The summed E-state index contributed by atoms with van der Waals surface area (Å²) >= 11 is 0. The van der Waals surface area contributed by atoms with Gasteiger partial charge in [0.05, 0.1) is 25.0 Å². The maximum atomic E-state index is 12.9. The van der Waals surface area contributed by atoms with Crippen LogP contribution >= 0.6 is 0 Å². The van der Waals surface area contributed by atoms with Crippen molar-refractivity contribution in [1.29, 1.82) is 0 Å². The number of rotatable bonds is 3. The second-order valence-electron chi connectivity index (χ2n) is 5.19. The smallest absolute Gasteiger partial charge is 0.270 e. The van der Waals surface area contributed by atoms with Crippen LogP contribution in [-0.4, -0.2) is 29.2 Å². The van der Waals surface area contributed by atoms with E-state index in [-0.39, 0.29) is 6.54 Å². The first-order valence-electron chi connectivity index (χ1n) is 6.82. The van der Waals surface area contributed by atoms with Crippen LogP contribution < -0.4 is 9.64 Å². The van der Waals surface area contributed by atoms with Crippen LogP contribution in [0.5, 0.6) is 5.75 Å². The Morgan fingerprint density at radius 1 is 1.41 bits per heavy atom. The first-order valence-corrected chi connectivity index (χ1v) is 6.82. The van der Waals surface area contributed by atoms with Gasteiger partial charge >= 0.3 is 0 Å². The average Bonchev–Trinajstić information content (AvgIpc) is 3.04. The van der Waals surface area contributed by atoms with Gasteiger partial charge < -0.3 is 14.4 Å². The summed E-state index contributed by atoms with van der Waals surface area (Å²) in [5.41, 5.74) is -0.188. The molecule has 0 spiro atoms. The SMILES string of the molecule is C#CCN1C(=O)[C@@](O)(c2cccn2C)c2cc(OC)ccc21. The number of anilines is 1. The maximum Gasteiger partial charge on any atom is 0.270 e. The number of terminal acetylenes is 1. The molecule has 0 saturated carbocycles. The van der Waals surface area contributed by atoms with E-state index in [1.54, 1.807) is 55.3 Å². The minimum atomic E-state index is -1.76. The summed E-state index contributed by atoms with van der Waals surface area (Å²) in [6, 6.07) is 8.66. The van der Waals surface area contributed by atoms with Crippen LogP contribution in [0.3, 0.4) is 0 Å². The minimum absolute atomic E-state index is 0.102. The Morgan fingerprint density at radius 3 is 2.77 bits per heavy atom. The van der Waals surface area contributed by atoms with Crippen molar-refractivity contribution in [3.05, 3.63) is 47.8 Å². The summed E-state index contributed by atoms with van der Waals surface area (Å²) in [5, 5.41) is 11.2. The van der Waals surface area contributed by atoms with Gasteiger partial charge in [-0.25, -0.2) is 0 Å². The molecule has 5 heteroatoms. The number of nitrogens with zero attached hydrogens (tertiary/aromatic N) is 2. The highest BCUT2D eigenvalue weighted by molar-refractivity contribution is 6.09. The standard InChI is InChI=1S/C17H16N2O3/c1-4-9-19-14-8-7-12(22-3)11-13(14)17(21,16(19)20)15-6-5-10-18(15)2/h1,5-8,10-11,21H,9H2,2-3H3/t17-/m0/s1. The molecule has 1 aliphatic heterocycles. The number of fused-ring (bicyclic) bond motifs is 1. The number of ether oxygens (including phenoxy) is 1. The van der Waals surface area contributed by atoms with Gasteiger partial charge in [-0.3, -0.25) is 9.69 Å². The van der Waals surface area contributed by atoms with E-state index in [4.69, 9.17) is 11.2 Å². The van der Waals surface area contributed by atoms with Crippen molar-refractivity contribution in [2.75, 3.05) is 18.6 Å². The molecule has 0 bridgehead atoms. The van der Waals surface area contributed by atoms with Crippen molar-refractivity contribution in [2.24, 2.45) is 7.05 Å². The predicted octanol–water partition coefficient (Wildman–Crippen LogP) is 1.25. The Kier molecular flexibility index (Phi) is 3.19. The van der Waals surface area contributed by atoms with Gasteiger partial charge in [0.1, 0.15) is 5.75 Å². The molecule has 112 valence electrons. The number of aryl methyl sites for hydroxylation is 1. The summed E-state index contributed by atoms with van der Waals surface area (Å²) in [6.07, 6.45) is 7.15. The molecule has 1 aliphatic rings. The molecule has 0 saturated heterocycles. The zero-order valence-corrected chi connectivity index (χ0v) is 12.4. The Hall–Kier alpha value is -2.71. The molecule has 0 unspecified atom stereocenters. The van der Waals surface area contributed by atoms with Gasteiger partial charge in [-0.2, -0.15) is 0 Å². The lowest BCUT2D eigenvalue weighted by molar-refractivity contribution is -0.132. The van der Waals surface area contributed by atoms with E-state index in [0.717, 1.165) is 0 Å². The van der Waals surface area contributed by atoms with E-state index in [9.17, 15) is 9.90 Å². The Balaban J connectivity index is 2.27. The molecule has 1 atom stereocenters. The van der Waals surface area contributed by atoms with Crippen LogP contribution in [-0.2, 0) is 17.4 Å². The number of amides is 1. The number of hydrogen-bond donors (Lipinski definition) is 1. The molecule has 1 aromatic heterocycles. The number of aliphatic hydroxyl groups is 1. The molecular weight excluding hydrogens is 280 g/mol. The fourth-order valence-corrected chi connectivity index (χ4v) is 2.92. The molecule has 1 aromatic carbocycles. The van der Waals surface area contributed by atoms with E-state index in [0.29, 0.717) is 22.7 Å². The zero-order valence-electron chi connectivity index (χ0n) is 12.4. The highest BCUT2D eigenvalue weighted by Crippen LogP contribution is 2.45. The van der Waals surface area contributed by atoms with Crippen LogP contribution in [0.1, 0.15) is 11.3 Å². The molecule has 0 fully saturated rings. The number of carbonyl (C=O) groups excluding carboxylic acids is 1. The lowest BCUT2D eigenvalue weighted by Gasteiger charge is -2.23. The Morgan fingerprint density at radius 2 is 2.18 bits per heavy atom. The summed E-state index contributed by atoms with van der Waals surface area (Å²) < 4.78 is 6.95. The van der Waals surface area contributed by atoms with Crippen molar-refractivity contribution < 1.29 is 14.6 Å². The first kappa shape index (κ1) is 14.2. The summed E-state index contributed by atoms with van der Waals surface area (Å²) in [5.74, 6) is 2.59.